The zero-order valence-corrected chi connectivity index (χ0v) is 11.4. The smallest absolute Gasteiger partial charge is 0.0704 e. The minimum Gasteiger partial charge on any atom is -0.379 e. The zero-order valence-electron chi connectivity index (χ0n) is 10.7. The number of rotatable bonds is 14. The van der Waals surface area contributed by atoms with Crippen LogP contribution in [-0.2, 0) is 14.2 Å². The van der Waals surface area contributed by atoms with Gasteiger partial charge >= 0.3 is 0 Å². The van der Waals surface area contributed by atoms with Crippen molar-refractivity contribution in [2.75, 3.05) is 45.5 Å². The molecule has 0 bridgehead atoms. The molecule has 0 aliphatic carbocycles. The molecule has 4 heteroatoms. The fraction of sp³-hybridized carbons (Fsp3) is 0.846. The minimum absolute atomic E-state index is 0.585. The summed E-state index contributed by atoms with van der Waals surface area (Å²) in [5.41, 5.74) is 0. The van der Waals surface area contributed by atoms with Crippen LogP contribution in [0.5, 0.6) is 0 Å². The molecule has 0 aliphatic rings. The summed E-state index contributed by atoms with van der Waals surface area (Å²) in [4.78, 5) is 0. The predicted molar refractivity (Wildman–Crippen MR) is 71.8 cm³/mol. The molecule has 0 aliphatic heterocycles. The SMILES string of the molecule is C=CCOCCOCCOCCCCCCCl. The highest BCUT2D eigenvalue weighted by Gasteiger charge is 1.92. The van der Waals surface area contributed by atoms with Gasteiger partial charge in [-0.15, -0.1) is 18.2 Å². The van der Waals surface area contributed by atoms with E-state index in [0.717, 1.165) is 25.3 Å². The second kappa shape index (κ2) is 15.9. The third-order valence-corrected chi connectivity index (χ3v) is 2.42. The number of halogens is 1. The summed E-state index contributed by atoms with van der Waals surface area (Å²) in [7, 11) is 0. The molecule has 0 atom stereocenters. The highest BCUT2D eigenvalue weighted by atomic mass is 35.5. The van der Waals surface area contributed by atoms with Crippen LogP contribution < -0.4 is 0 Å². The van der Waals surface area contributed by atoms with E-state index in [1.54, 1.807) is 6.08 Å². The van der Waals surface area contributed by atoms with Crippen molar-refractivity contribution in [1.82, 2.24) is 0 Å². The lowest BCUT2D eigenvalue weighted by molar-refractivity contribution is 0.0188. The van der Waals surface area contributed by atoms with E-state index in [4.69, 9.17) is 25.8 Å². The Morgan fingerprint density at radius 2 is 1.35 bits per heavy atom. The normalized spacial score (nSPS) is 10.6. The van der Waals surface area contributed by atoms with Gasteiger partial charge in [-0.05, 0) is 12.8 Å². The molecule has 3 nitrogen and oxygen atoms in total. The average molecular weight is 265 g/mol. The van der Waals surface area contributed by atoms with Crippen molar-refractivity contribution >= 4 is 11.6 Å². The van der Waals surface area contributed by atoms with Gasteiger partial charge in [0.1, 0.15) is 0 Å². The number of unbranched alkanes of at least 4 members (excludes halogenated alkanes) is 3. The van der Waals surface area contributed by atoms with Crippen molar-refractivity contribution < 1.29 is 14.2 Å². The van der Waals surface area contributed by atoms with Crippen molar-refractivity contribution in [3.63, 3.8) is 0 Å². The summed E-state index contributed by atoms with van der Waals surface area (Å²) < 4.78 is 15.9. The second-order valence-electron chi connectivity index (χ2n) is 3.69. The van der Waals surface area contributed by atoms with E-state index in [0.29, 0.717) is 33.0 Å². The lowest BCUT2D eigenvalue weighted by atomic mass is 10.2. The summed E-state index contributed by atoms with van der Waals surface area (Å²) in [6, 6.07) is 0. The van der Waals surface area contributed by atoms with Gasteiger partial charge in [0.2, 0.25) is 0 Å². The molecule has 0 aromatic rings. The van der Waals surface area contributed by atoms with E-state index in [-0.39, 0.29) is 0 Å². The molecular formula is C13H25ClO3. The van der Waals surface area contributed by atoms with E-state index >= 15 is 0 Å². The fourth-order valence-corrected chi connectivity index (χ4v) is 1.45. The van der Waals surface area contributed by atoms with Crippen molar-refractivity contribution in [2.24, 2.45) is 0 Å². The van der Waals surface area contributed by atoms with Crippen LogP contribution in [0.15, 0.2) is 12.7 Å². The van der Waals surface area contributed by atoms with Crippen LogP contribution in [0.4, 0.5) is 0 Å². The van der Waals surface area contributed by atoms with Crippen molar-refractivity contribution in [2.45, 2.75) is 25.7 Å². The van der Waals surface area contributed by atoms with Crippen LogP contribution in [0, 0.1) is 0 Å². The first-order valence-corrected chi connectivity index (χ1v) is 6.85. The molecule has 0 saturated heterocycles. The number of alkyl halides is 1. The highest BCUT2D eigenvalue weighted by Crippen LogP contribution is 2.00. The molecular weight excluding hydrogens is 240 g/mol. The maximum absolute atomic E-state index is 5.58. The third kappa shape index (κ3) is 15.9. The molecule has 0 aromatic carbocycles. The maximum atomic E-state index is 5.58. The molecule has 102 valence electrons. The quantitative estimate of drug-likeness (QED) is 0.274. The Morgan fingerprint density at radius 1 is 0.765 bits per heavy atom. The molecule has 0 N–H and O–H groups in total. The molecule has 0 rings (SSSR count). The first-order valence-electron chi connectivity index (χ1n) is 6.32. The van der Waals surface area contributed by atoms with Crippen LogP contribution >= 0.6 is 11.6 Å². The van der Waals surface area contributed by atoms with Gasteiger partial charge in [0.05, 0.1) is 33.0 Å². The summed E-state index contributed by atoms with van der Waals surface area (Å²) in [6.45, 7) is 7.50. The Labute approximate surface area is 110 Å². The van der Waals surface area contributed by atoms with Crippen LogP contribution in [0.2, 0.25) is 0 Å². The van der Waals surface area contributed by atoms with Crippen LogP contribution in [0.25, 0.3) is 0 Å². The van der Waals surface area contributed by atoms with Gasteiger partial charge < -0.3 is 14.2 Å². The molecule has 0 heterocycles. The number of ether oxygens (including phenoxy) is 3. The van der Waals surface area contributed by atoms with Crippen LogP contribution in [-0.4, -0.2) is 45.5 Å². The Balaban J connectivity index is 2.87. The Bertz CT molecular complexity index is 154. The first-order chi connectivity index (χ1) is 8.41. The Hall–Kier alpha value is -0.0900. The van der Waals surface area contributed by atoms with E-state index < -0.39 is 0 Å². The molecule has 0 saturated carbocycles. The van der Waals surface area contributed by atoms with Crippen molar-refractivity contribution in [3.8, 4) is 0 Å². The van der Waals surface area contributed by atoms with E-state index in [9.17, 15) is 0 Å². The van der Waals surface area contributed by atoms with Gasteiger partial charge in [0.25, 0.3) is 0 Å². The van der Waals surface area contributed by atoms with Crippen molar-refractivity contribution in [1.29, 1.82) is 0 Å². The van der Waals surface area contributed by atoms with Gasteiger partial charge in [-0.25, -0.2) is 0 Å². The van der Waals surface area contributed by atoms with Gasteiger partial charge in [-0.1, -0.05) is 18.9 Å². The second-order valence-corrected chi connectivity index (χ2v) is 4.07. The monoisotopic (exact) mass is 264 g/mol. The summed E-state index contributed by atoms with van der Waals surface area (Å²) >= 11 is 5.58. The summed E-state index contributed by atoms with van der Waals surface area (Å²) in [6.07, 6.45) is 6.34. The molecule has 0 radical (unpaired) electrons. The van der Waals surface area contributed by atoms with Crippen molar-refractivity contribution in [3.05, 3.63) is 12.7 Å². The third-order valence-electron chi connectivity index (χ3n) is 2.15. The number of hydrogen-bond donors (Lipinski definition) is 0. The maximum Gasteiger partial charge on any atom is 0.0704 e. The Kier molecular flexibility index (Phi) is 15.8. The minimum atomic E-state index is 0.585. The Morgan fingerprint density at radius 3 is 2.00 bits per heavy atom. The van der Waals surface area contributed by atoms with E-state index in [2.05, 4.69) is 6.58 Å². The van der Waals surface area contributed by atoms with Crippen LogP contribution in [0.1, 0.15) is 25.7 Å². The standard InChI is InChI=1S/C13H25ClO3/c1-2-8-15-10-12-17-13-11-16-9-6-4-3-5-7-14/h2H,1,3-13H2. The lowest BCUT2D eigenvalue weighted by Crippen LogP contribution is -2.09. The predicted octanol–water partition coefficient (Wildman–Crippen LogP) is 3.02. The molecule has 0 unspecified atom stereocenters. The summed E-state index contributed by atoms with van der Waals surface area (Å²) in [5, 5.41) is 0. The van der Waals surface area contributed by atoms with E-state index in [1.165, 1.54) is 12.8 Å². The van der Waals surface area contributed by atoms with E-state index in [1.807, 2.05) is 0 Å². The fourth-order valence-electron chi connectivity index (χ4n) is 1.26. The topological polar surface area (TPSA) is 27.7 Å². The number of hydrogen-bond acceptors (Lipinski definition) is 3. The molecule has 0 aromatic heterocycles. The molecule has 17 heavy (non-hydrogen) atoms. The first kappa shape index (κ1) is 16.9. The highest BCUT2D eigenvalue weighted by molar-refractivity contribution is 6.17. The molecule has 0 fully saturated rings. The van der Waals surface area contributed by atoms with Gasteiger partial charge in [-0.2, -0.15) is 0 Å². The lowest BCUT2D eigenvalue weighted by Gasteiger charge is -2.05. The van der Waals surface area contributed by atoms with Crippen LogP contribution in [0.3, 0.4) is 0 Å². The molecule has 0 amide bonds. The zero-order chi connectivity index (χ0) is 12.6. The summed E-state index contributed by atoms with van der Waals surface area (Å²) in [5.74, 6) is 0.766. The molecule has 0 spiro atoms. The van der Waals surface area contributed by atoms with Gasteiger partial charge in [-0.3, -0.25) is 0 Å². The largest absolute Gasteiger partial charge is 0.379 e. The average Bonchev–Trinajstić information content (AvgIpc) is 2.35. The van der Waals surface area contributed by atoms with Gasteiger partial charge in [0.15, 0.2) is 0 Å². The van der Waals surface area contributed by atoms with Gasteiger partial charge in [0, 0.05) is 12.5 Å².